The fourth-order valence-corrected chi connectivity index (χ4v) is 2.82. The number of rotatable bonds is 5. The third-order valence-electron chi connectivity index (χ3n) is 3.81. The number of hydrogen-bond donors (Lipinski definition) is 1. The summed E-state index contributed by atoms with van der Waals surface area (Å²) < 4.78 is 5.28. The van der Waals surface area contributed by atoms with Crippen molar-refractivity contribution in [1.82, 2.24) is 0 Å². The third-order valence-corrected chi connectivity index (χ3v) is 3.81. The van der Waals surface area contributed by atoms with Gasteiger partial charge in [-0.15, -0.1) is 0 Å². The predicted octanol–water partition coefficient (Wildman–Crippen LogP) is 3.90. The molecule has 0 aromatic carbocycles. The monoisotopic (exact) mass is 278 g/mol. The lowest BCUT2D eigenvalue weighted by atomic mass is 9.75. The van der Waals surface area contributed by atoms with Crippen molar-refractivity contribution in [3.63, 3.8) is 0 Å². The zero-order chi connectivity index (χ0) is 14.9. The van der Waals surface area contributed by atoms with E-state index in [-0.39, 0.29) is 28.5 Å². The number of Topliss-reactive ketones (excluding diaryl/α,β-unsaturated/α-hetero) is 2. The summed E-state index contributed by atoms with van der Waals surface area (Å²) in [5, 5.41) is 9.88. The highest BCUT2D eigenvalue weighted by molar-refractivity contribution is 6.11. The number of furan rings is 1. The Morgan fingerprint density at radius 2 is 2.00 bits per heavy atom. The minimum absolute atomic E-state index is 0.0980. The summed E-state index contributed by atoms with van der Waals surface area (Å²) in [5.74, 6) is -0.210. The average molecular weight is 278 g/mol. The van der Waals surface area contributed by atoms with Crippen molar-refractivity contribution < 1.29 is 19.1 Å². The van der Waals surface area contributed by atoms with Crippen LogP contribution in [0.1, 0.15) is 79.4 Å². The lowest BCUT2D eigenvalue weighted by Gasteiger charge is -2.27. The van der Waals surface area contributed by atoms with Crippen molar-refractivity contribution in [2.45, 2.75) is 59.3 Å². The molecule has 1 aliphatic rings. The number of carbonyl (C=O) groups is 2. The van der Waals surface area contributed by atoms with Crippen LogP contribution in [0.25, 0.3) is 0 Å². The van der Waals surface area contributed by atoms with Crippen LogP contribution in [0.5, 0.6) is 5.95 Å². The molecule has 1 aliphatic carbocycles. The zero-order valence-electron chi connectivity index (χ0n) is 12.4. The van der Waals surface area contributed by atoms with Gasteiger partial charge in [-0.3, -0.25) is 9.59 Å². The molecule has 1 heterocycles. The summed E-state index contributed by atoms with van der Waals surface area (Å²) in [6, 6.07) is 0. The van der Waals surface area contributed by atoms with E-state index in [1.165, 1.54) is 0 Å². The molecule has 1 aromatic rings. The highest BCUT2D eigenvalue weighted by Crippen LogP contribution is 2.41. The first-order chi connectivity index (χ1) is 9.35. The van der Waals surface area contributed by atoms with Crippen molar-refractivity contribution in [2.24, 2.45) is 5.41 Å². The molecule has 1 aromatic heterocycles. The minimum atomic E-state index is -0.387. The van der Waals surface area contributed by atoms with Crippen LogP contribution in [0.4, 0.5) is 0 Å². The van der Waals surface area contributed by atoms with Crippen molar-refractivity contribution in [3.8, 4) is 5.95 Å². The van der Waals surface area contributed by atoms with E-state index < -0.39 is 0 Å². The first-order valence-corrected chi connectivity index (χ1v) is 7.26. The normalized spacial score (nSPS) is 17.1. The van der Waals surface area contributed by atoms with Gasteiger partial charge in [0.15, 0.2) is 11.6 Å². The van der Waals surface area contributed by atoms with E-state index in [1.807, 2.05) is 13.8 Å². The molecule has 0 unspecified atom stereocenters. The van der Waals surface area contributed by atoms with Gasteiger partial charge in [0.2, 0.25) is 0 Å². The third kappa shape index (κ3) is 2.79. The van der Waals surface area contributed by atoms with Gasteiger partial charge in [0.1, 0.15) is 11.3 Å². The quantitative estimate of drug-likeness (QED) is 0.655. The lowest BCUT2D eigenvalue weighted by molar-refractivity contribution is 0.0891. The van der Waals surface area contributed by atoms with Gasteiger partial charge in [0.05, 0.1) is 5.56 Å². The second-order valence-corrected chi connectivity index (χ2v) is 6.40. The maximum absolute atomic E-state index is 12.2. The number of fused-ring (bicyclic) bond motifs is 1. The average Bonchev–Trinajstić information content (AvgIpc) is 2.64. The first kappa shape index (κ1) is 14.8. The Morgan fingerprint density at radius 3 is 2.65 bits per heavy atom. The smallest absolute Gasteiger partial charge is 0.294 e. The highest BCUT2D eigenvalue weighted by atomic mass is 16.5. The Bertz CT molecular complexity index is 537. The maximum Gasteiger partial charge on any atom is 0.294 e. The van der Waals surface area contributed by atoms with Gasteiger partial charge in [-0.1, -0.05) is 33.6 Å². The van der Waals surface area contributed by atoms with E-state index in [0.717, 1.165) is 19.3 Å². The molecule has 2 rings (SSSR count). The molecule has 0 spiro atoms. The number of hydrogen-bond acceptors (Lipinski definition) is 4. The molecule has 20 heavy (non-hydrogen) atoms. The maximum atomic E-state index is 12.2. The topological polar surface area (TPSA) is 67.5 Å². The SMILES string of the molecule is CCCCCC(=O)c1c(O)oc2c1C(=O)CC(C)(C)C2. The van der Waals surface area contributed by atoms with Crippen LogP contribution in [0.3, 0.4) is 0 Å². The molecular formula is C16H22O4. The van der Waals surface area contributed by atoms with Gasteiger partial charge in [-0.25, -0.2) is 0 Å². The fourth-order valence-electron chi connectivity index (χ4n) is 2.82. The van der Waals surface area contributed by atoms with Crippen LogP contribution >= 0.6 is 0 Å². The summed E-state index contributed by atoms with van der Waals surface area (Å²) in [6.07, 6.45) is 4.07. The summed E-state index contributed by atoms with van der Waals surface area (Å²) in [7, 11) is 0. The highest BCUT2D eigenvalue weighted by Gasteiger charge is 2.38. The molecule has 0 saturated heterocycles. The molecule has 0 radical (unpaired) electrons. The van der Waals surface area contributed by atoms with E-state index in [0.29, 0.717) is 30.6 Å². The van der Waals surface area contributed by atoms with E-state index >= 15 is 0 Å². The number of unbranched alkanes of at least 4 members (excludes halogenated alkanes) is 2. The van der Waals surface area contributed by atoms with Crippen LogP contribution in [0.2, 0.25) is 0 Å². The van der Waals surface area contributed by atoms with Gasteiger partial charge < -0.3 is 9.52 Å². The molecule has 4 nitrogen and oxygen atoms in total. The summed E-state index contributed by atoms with van der Waals surface area (Å²) in [6.45, 7) is 6.03. The lowest BCUT2D eigenvalue weighted by Crippen LogP contribution is -2.27. The molecular weight excluding hydrogens is 256 g/mol. The molecule has 0 aliphatic heterocycles. The van der Waals surface area contributed by atoms with Gasteiger partial charge in [0, 0.05) is 19.3 Å². The number of aromatic hydroxyl groups is 1. The molecule has 4 heteroatoms. The Morgan fingerprint density at radius 1 is 1.30 bits per heavy atom. The van der Waals surface area contributed by atoms with Crippen molar-refractivity contribution in [3.05, 3.63) is 16.9 Å². The van der Waals surface area contributed by atoms with Crippen molar-refractivity contribution in [1.29, 1.82) is 0 Å². The molecule has 0 saturated carbocycles. The van der Waals surface area contributed by atoms with Crippen LogP contribution in [-0.4, -0.2) is 16.7 Å². The summed E-state index contributed by atoms with van der Waals surface area (Å²) in [4.78, 5) is 24.5. The van der Waals surface area contributed by atoms with E-state index in [2.05, 4.69) is 6.92 Å². The van der Waals surface area contributed by atoms with Gasteiger partial charge >= 0.3 is 0 Å². The second-order valence-electron chi connectivity index (χ2n) is 6.40. The van der Waals surface area contributed by atoms with Crippen molar-refractivity contribution in [2.75, 3.05) is 0 Å². The van der Waals surface area contributed by atoms with Crippen LogP contribution in [0.15, 0.2) is 4.42 Å². The van der Waals surface area contributed by atoms with Crippen LogP contribution in [-0.2, 0) is 6.42 Å². The van der Waals surface area contributed by atoms with Gasteiger partial charge in [-0.2, -0.15) is 0 Å². The van der Waals surface area contributed by atoms with Crippen LogP contribution in [0, 0.1) is 5.41 Å². The van der Waals surface area contributed by atoms with Gasteiger partial charge in [0.25, 0.3) is 5.95 Å². The fraction of sp³-hybridized carbons (Fsp3) is 0.625. The molecule has 110 valence electrons. The van der Waals surface area contributed by atoms with Crippen LogP contribution < -0.4 is 0 Å². The summed E-state index contributed by atoms with van der Waals surface area (Å²) >= 11 is 0. The van der Waals surface area contributed by atoms with Gasteiger partial charge in [-0.05, 0) is 11.8 Å². The Kier molecular flexibility index (Phi) is 4.02. The number of ketones is 2. The first-order valence-electron chi connectivity index (χ1n) is 7.26. The summed E-state index contributed by atoms with van der Waals surface area (Å²) in [5.41, 5.74) is 0.247. The molecule has 0 fully saturated rings. The van der Waals surface area contributed by atoms with E-state index in [1.54, 1.807) is 0 Å². The molecule has 0 atom stereocenters. The largest absolute Gasteiger partial charge is 0.480 e. The van der Waals surface area contributed by atoms with E-state index in [9.17, 15) is 14.7 Å². The standard InChI is InChI=1S/C16H22O4/c1-4-5-6-7-10(17)14-13-11(18)8-16(2,3)9-12(13)20-15(14)19/h19H,4-9H2,1-3H3. The zero-order valence-corrected chi connectivity index (χ0v) is 12.4. The minimum Gasteiger partial charge on any atom is -0.480 e. The number of carbonyl (C=O) groups excluding carboxylic acids is 2. The van der Waals surface area contributed by atoms with Crippen molar-refractivity contribution >= 4 is 11.6 Å². The molecule has 0 bridgehead atoms. The Labute approximate surface area is 119 Å². The molecule has 0 amide bonds. The Hall–Kier alpha value is -1.58. The molecule has 1 N–H and O–H groups in total. The predicted molar refractivity (Wildman–Crippen MR) is 75.3 cm³/mol. The second kappa shape index (κ2) is 5.43. The van der Waals surface area contributed by atoms with E-state index in [4.69, 9.17) is 4.42 Å². The Balaban J connectivity index is 2.30.